The van der Waals surface area contributed by atoms with Crippen LogP contribution in [0.15, 0.2) is 10.7 Å². The van der Waals surface area contributed by atoms with E-state index in [2.05, 4.69) is 9.72 Å². The Morgan fingerprint density at radius 3 is 2.95 bits per heavy atom. The van der Waals surface area contributed by atoms with E-state index in [1.54, 1.807) is 6.92 Å². The molecule has 1 aromatic rings. The van der Waals surface area contributed by atoms with Gasteiger partial charge in [-0.15, -0.1) is 0 Å². The Balaban J connectivity index is 2.11. The van der Waals surface area contributed by atoms with Gasteiger partial charge in [-0.05, 0) is 6.92 Å². The highest BCUT2D eigenvalue weighted by Gasteiger charge is 2.38. The number of hydrogen-bond donors (Lipinski definition) is 0. The van der Waals surface area contributed by atoms with Gasteiger partial charge in [-0.25, -0.2) is 4.79 Å². The highest BCUT2D eigenvalue weighted by atomic mass is 16.5. The lowest BCUT2D eigenvalue weighted by Gasteiger charge is -2.10. The van der Waals surface area contributed by atoms with Crippen LogP contribution in [0.4, 0.5) is 6.01 Å². The normalized spacial score (nSPS) is 18.2. The summed E-state index contributed by atoms with van der Waals surface area (Å²) < 4.78 is 14.5. The Kier molecular flexibility index (Phi) is 4.02. The molecule has 0 aliphatic carbocycles. The maximum Gasteiger partial charge on any atom is 0.360 e. The molecule has 8 heteroatoms. The third kappa shape index (κ3) is 2.63. The van der Waals surface area contributed by atoms with Gasteiger partial charge in [-0.1, -0.05) is 0 Å². The van der Waals surface area contributed by atoms with Crippen molar-refractivity contribution in [2.45, 2.75) is 13.3 Å². The second kappa shape index (κ2) is 5.72. The molecule has 0 bridgehead atoms. The zero-order valence-electron chi connectivity index (χ0n) is 11.1. The summed E-state index contributed by atoms with van der Waals surface area (Å²) >= 11 is 0. The van der Waals surface area contributed by atoms with E-state index in [4.69, 9.17) is 9.15 Å². The minimum Gasteiger partial charge on any atom is -0.469 e. The molecule has 1 amide bonds. The number of esters is 2. The van der Waals surface area contributed by atoms with E-state index in [9.17, 15) is 14.4 Å². The number of ether oxygens (including phenoxy) is 2. The Morgan fingerprint density at radius 2 is 2.30 bits per heavy atom. The molecule has 108 valence electrons. The van der Waals surface area contributed by atoms with Gasteiger partial charge in [0.15, 0.2) is 5.69 Å². The van der Waals surface area contributed by atoms with Crippen LogP contribution < -0.4 is 4.90 Å². The maximum absolute atomic E-state index is 11.8. The number of carbonyl (C=O) groups excluding carboxylic acids is 3. The minimum atomic E-state index is -0.626. The zero-order valence-corrected chi connectivity index (χ0v) is 11.1. The van der Waals surface area contributed by atoms with Crippen LogP contribution in [0.1, 0.15) is 23.8 Å². The molecule has 1 aliphatic heterocycles. The lowest BCUT2D eigenvalue weighted by atomic mass is 10.1. The molecule has 1 aliphatic rings. The van der Waals surface area contributed by atoms with Crippen molar-refractivity contribution in [2.24, 2.45) is 5.92 Å². The Hall–Kier alpha value is -2.38. The maximum atomic E-state index is 11.8. The number of rotatable bonds is 4. The molecule has 0 aromatic carbocycles. The van der Waals surface area contributed by atoms with Gasteiger partial charge < -0.3 is 13.9 Å². The Bertz CT molecular complexity index is 538. The lowest BCUT2D eigenvalue weighted by Crippen LogP contribution is -2.26. The Morgan fingerprint density at radius 1 is 1.55 bits per heavy atom. The van der Waals surface area contributed by atoms with Crippen molar-refractivity contribution in [3.8, 4) is 0 Å². The number of anilines is 1. The topological polar surface area (TPSA) is 98.9 Å². The molecule has 8 nitrogen and oxygen atoms in total. The van der Waals surface area contributed by atoms with Crippen LogP contribution in [-0.4, -0.2) is 43.1 Å². The van der Waals surface area contributed by atoms with Gasteiger partial charge in [0.2, 0.25) is 5.91 Å². The van der Waals surface area contributed by atoms with Gasteiger partial charge in [-0.3, -0.25) is 14.5 Å². The number of hydrogen-bond acceptors (Lipinski definition) is 7. The zero-order chi connectivity index (χ0) is 14.7. The second-order valence-corrected chi connectivity index (χ2v) is 4.16. The third-order valence-electron chi connectivity index (χ3n) is 2.87. The summed E-state index contributed by atoms with van der Waals surface area (Å²) in [6.07, 6.45) is 1.15. The van der Waals surface area contributed by atoms with Crippen LogP contribution in [0.25, 0.3) is 0 Å². The Labute approximate surface area is 114 Å². The van der Waals surface area contributed by atoms with Crippen molar-refractivity contribution < 1.29 is 28.3 Å². The summed E-state index contributed by atoms with van der Waals surface area (Å²) in [6, 6.07) is -0.0237. The van der Waals surface area contributed by atoms with Crippen LogP contribution in [0.3, 0.4) is 0 Å². The molecule has 1 atom stereocenters. The molecule has 0 N–H and O–H groups in total. The number of methoxy groups -OCH3 is 1. The fourth-order valence-electron chi connectivity index (χ4n) is 1.90. The van der Waals surface area contributed by atoms with E-state index < -0.39 is 17.9 Å². The van der Waals surface area contributed by atoms with Gasteiger partial charge in [0.1, 0.15) is 6.26 Å². The number of nitrogens with zero attached hydrogens (tertiary/aromatic N) is 2. The van der Waals surface area contributed by atoms with Crippen molar-refractivity contribution in [3.05, 3.63) is 12.0 Å². The molecule has 1 aromatic heterocycles. The van der Waals surface area contributed by atoms with Crippen molar-refractivity contribution in [2.75, 3.05) is 25.2 Å². The quantitative estimate of drug-likeness (QED) is 0.736. The smallest absolute Gasteiger partial charge is 0.360 e. The molecule has 0 radical (unpaired) electrons. The third-order valence-corrected chi connectivity index (χ3v) is 2.87. The molecule has 2 heterocycles. The molecule has 1 unspecified atom stereocenters. The minimum absolute atomic E-state index is 0.0174. The summed E-state index contributed by atoms with van der Waals surface area (Å²) in [4.78, 5) is 39.8. The van der Waals surface area contributed by atoms with E-state index in [1.165, 1.54) is 12.0 Å². The largest absolute Gasteiger partial charge is 0.469 e. The SMILES string of the molecule is CCOC(=O)c1coc(N2CC(C(=O)OC)CC2=O)n1. The fraction of sp³-hybridized carbons (Fsp3) is 0.500. The average Bonchev–Trinajstić information content (AvgIpc) is 3.04. The first-order valence-corrected chi connectivity index (χ1v) is 6.07. The van der Waals surface area contributed by atoms with Crippen LogP contribution >= 0.6 is 0 Å². The fourth-order valence-corrected chi connectivity index (χ4v) is 1.90. The summed E-state index contributed by atoms with van der Waals surface area (Å²) in [5.74, 6) is -1.94. The predicted molar refractivity (Wildman–Crippen MR) is 64.9 cm³/mol. The van der Waals surface area contributed by atoms with Crippen molar-refractivity contribution in [1.29, 1.82) is 0 Å². The van der Waals surface area contributed by atoms with Crippen molar-refractivity contribution >= 4 is 23.9 Å². The average molecular weight is 282 g/mol. The molecule has 0 spiro atoms. The lowest BCUT2D eigenvalue weighted by molar-refractivity contribution is -0.145. The summed E-state index contributed by atoms with van der Waals surface area (Å²) in [6.45, 7) is 2.01. The first-order valence-electron chi connectivity index (χ1n) is 6.07. The van der Waals surface area contributed by atoms with Gasteiger partial charge in [0, 0.05) is 13.0 Å². The molecule has 0 saturated carbocycles. The van der Waals surface area contributed by atoms with E-state index in [0.717, 1.165) is 6.26 Å². The number of oxazole rings is 1. The van der Waals surface area contributed by atoms with Crippen molar-refractivity contribution in [1.82, 2.24) is 4.98 Å². The first kappa shape index (κ1) is 14.0. The van der Waals surface area contributed by atoms with Crippen LogP contribution in [-0.2, 0) is 19.1 Å². The van der Waals surface area contributed by atoms with Gasteiger partial charge in [0.25, 0.3) is 0 Å². The van der Waals surface area contributed by atoms with Gasteiger partial charge in [-0.2, -0.15) is 4.98 Å². The van der Waals surface area contributed by atoms with Gasteiger partial charge >= 0.3 is 18.0 Å². The standard InChI is InChI=1S/C12H14N2O6/c1-3-19-11(17)8-6-20-12(13-8)14-5-7(4-9(14)15)10(16)18-2/h6-7H,3-5H2,1-2H3. The number of amides is 1. The monoisotopic (exact) mass is 282 g/mol. The summed E-state index contributed by atoms with van der Waals surface area (Å²) in [5.41, 5.74) is -0.0174. The van der Waals surface area contributed by atoms with E-state index in [0.29, 0.717) is 0 Å². The van der Waals surface area contributed by atoms with E-state index >= 15 is 0 Å². The van der Waals surface area contributed by atoms with E-state index in [1.807, 2.05) is 0 Å². The highest BCUT2D eigenvalue weighted by molar-refractivity contribution is 5.98. The predicted octanol–water partition coefficient (Wildman–Crippen LogP) is 0.377. The molecule has 1 saturated heterocycles. The molecular weight excluding hydrogens is 268 g/mol. The molecule has 20 heavy (non-hydrogen) atoms. The van der Waals surface area contributed by atoms with E-state index in [-0.39, 0.29) is 37.2 Å². The second-order valence-electron chi connectivity index (χ2n) is 4.16. The summed E-state index contributed by atoms with van der Waals surface area (Å²) in [7, 11) is 1.26. The summed E-state index contributed by atoms with van der Waals surface area (Å²) in [5, 5.41) is 0. The molecule has 2 rings (SSSR count). The first-order chi connectivity index (χ1) is 9.56. The van der Waals surface area contributed by atoms with Crippen LogP contribution in [0.5, 0.6) is 0 Å². The van der Waals surface area contributed by atoms with Crippen molar-refractivity contribution in [3.63, 3.8) is 0 Å². The van der Waals surface area contributed by atoms with Crippen LogP contribution in [0, 0.1) is 5.92 Å². The number of aromatic nitrogens is 1. The number of carbonyl (C=O) groups is 3. The molecule has 1 fully saturated rings. The molecular formula is C12H14N2O6. The highest BCUT2D eigenvalue weighted by Crippen LogP contribution is 2.25. The van der Waals surface area contributed by atoms with Gasteiger partial charge in [0.05, 0.1) is 19.6 Å². The van der Waals surface area contributed by atoms with Crippen LogP contribution in [0.2, 0.25) is 0 Å².